The molecule has 0 aliphatic rings. The van der Waals surface area contributed by atoms with E-state index in [2.05, 4.69) is 5.10 Å². The molecule has 1 aromatic heterocycles. The molecule has 1 aromatic rings. The number of hydrogen-bond acceptors (Lipinski definition) is 3. The number of anilines is 1. The summed E-state index contributed by atoms with van der Waals surface area (Å²) >= 11 is 1.92. The van der Waals surface area contributed by atoms with E-state index in [1.165, 1.54) is 10.9 Å². The molecule has 0 saturated carbocycles. The fraction of sp³-hybridized carbons (Fsp3) is 0.333. The van der Waals surface area contributed by atoms with E-state index in [0.717, 1.165) is 0 Å². The van der Waals surface area contributed by atoms with E-state index in [-0.39, 0.29) is 5.56 Å². The van der Waals surface area contributed by atoms with Crippen LogP contribution >= 0.6 is 22.6 Å². The minimum atomic E-state index is -0.117. The summed E-state index contributed by atoms with van der Waals surface area (Å²) in [7, 11) is 0. The van der Waals surface area contributed by atoms with Gasteiger partial charge in [-0.2, -0.15) is 5.10 Å². The van der Waals surface area contributed by atoms with E-state index in [4.69, 9.17) is 5.73 Å². The molecule has 0 aliphatic heterocycles. The Labute approximate surface area is 77.5 Å². The van der Waals surface area contributed by atoms with Gasteiger partial charge in [-0.15, -0.1) is 0 Å². The van der Waals surface area contributed by atoms with Gasteiger partial charge in [0.1, 0.15) is 3.57 Å². The van der Waals surface area contributed by atoms with Crippen LogP contribution in [0.5, 0.6) is 0 Å². The van der Waals surface area contributed by atoms with E-state index >= 15 is 0 Å². The van der Waals surface area contributed by atoms with E-state index < -0.39 is 0 Å². The molecule has 60 valence electrons. The predicted octanol–water partition coefficient (Wildman–Crippen LogP) is 0.450. The zero-order valence-corrected chi connectivity index (χ0v) is 8.20. The molecule has 0 aromatic carbocycles. The van der Waals surface area contributed by atoms with Gasteiger partial charge in [-0.25, -0.2) is 4.68 Å². The number of nitrogens with two attached hydrogens (primary N) is 1. The third-order valence-electron chi connectivity index (χ3n) is 1.31. The van der Waals surface area contributed by atoms with Crippen LogP contribution in [0.3, 0.4) is 0 Å². The second-order valence-electron chi connectivity index (χ2n) is 2.03. The van der Waals surface area contributed by atoms with Crippen LogP contribution in [-0.4, -0.2) is 9.78 Å². The van der Waals surface area contributed by atoms with Crippen molar-refractivity contribution in [2.45, 2.75) is 13.5 Å². The van der Waals surface area contributed by atoms with Crippen LogP contribution in [0.25, 0.3) is 0 Å². The topological polar surface area (TPSA) is 60.9 Å². The zero-order valence-electron chi connectivity index (χ0n) is 6.04. The smallest absolute Gasteiger partial charge is 0.282 e. The minimum absolute atomic E-state index is 0.117. The highest BCUT2D eigenvalue weighted by Gasteiger charge is 2.02. The molecule has 0 fully saturated rings. The highest BCUT2D eigenvalue weighted by Crippen LogP contribution is 2.05. The third-order valence-corrected chi connectivity index (χ3v) is 2.40. The van der Waals surface area contributed by atoms with Crippen LogP contribution in [0, 0.1) is 3.57 Å². The molecular weight excluding hydrogens is 257 g/mol. The van der Waals surface area contributed by atoms with Gasteiger partial charge in [-0.3, -0.25) is 4.79 Å². The van der Waals surface area contributed by atoms with E-state index in [0.29, 0.717) is 15.8 Å². The van der Waals surface area contributed by atoms with Gasteiger partial charge >= 0.3 is 0 Å². The molecule has 0 radical (unpaired) electrons. The van der Waals surface area contributed by atoms with Crippen molar-refractivity contribution in [1.82, 2.24) is 9.78 Å². The first-order chi connectivity index (χ1) is 5.16. The van der Waals surface area contributed by atoms with E-state index in [1.807, 2.05) is 29.5 Å². The Bertz CT molecular complexity index is 320. The second kappa shape index (κ2) is 3.21. The van der Waals surface area contributed by atoms with Crippen molar-refractivity contribution in [3.63, 3.8) is 0 Å². The molecule has 0 saturated heterocycles. The van der Waals surface area contributed by atoms with Crippen LogP contribution in [0.2, 0.25) is 0 Å². The molecule has 2 N–H and O–H groups in total. The summed E-state index contributed by atoms with van der Waals surface area (Å²) in [4.78, 5) is 11.2. The molecule has 0 aliphatic carbocycles. The summed E-state index contributed by atoms with van der Waals surface area (Å²) in [6, 6.07) is 0. The summed E-state index contributed by atoms with van der Waals surface area (Å²) in [5, 5.41) is 3.83. The quantitative estimate of drug-likeness (QED) is 0.750. The van der Waals surface area contributed by atoms with Crippen molar-refractivity contribution < 1.29 is 0 Å². The summed E-state index contributed by atoms with van der Waals surface area (Å²) in [5.74, 6) is 0. The molecule has 0 spiro atoms. The monoisotopic (exact) mass is 265 g/mol. The van der Waals surface area contributed by atoms with Gasteiger partial charge in [0.2, 0.25) is 0 Å². The second-order valence-corrected chi connectivity index (χ2v) is 3.11. The van der Waals surface area contributed by atoms with Crippen LogP contribution in [0.4, 0.5) is 5.69 Å². The molecule has 1 rings (SSSR count). The van der Waals surface area contributed by atoms with Crippen LogP contribution in [-0.2, 0) is 6.54 Å². The van der Waals surface area contributed by atoms with Crippen LogP contribution < -0.4 is 11.3 Å². The van der Waals surface area contributed by atoms with Crippen LogP contribution in [0.15, 0.2) is 11.0 Å². The van der Waals surface area contributed by atoms with Gasteiger partial charge in [0.05, 0.1) is 11.9 Å². The number of aryl methyl sites for hydroxylation is 1. The highest BCUT2D eigenvalue weighted by molar-refractivity contribution is 14.1. The molecule has 0 atom stereocenters. The molecule has 0 unspecified atom stereocenters. The predicted molar refractivity (Wildman–Crippen MR) is 51.3 cm³/mol. The van der Waals surface area contributed by atoms with Gasteiger partial charge in [-0.05, 0) is 29.5 Å². The SMILES string of the molecule is CCn1ncc(N)c(I)c1=O. The van der Waals surface area contributed by atoms with Crippen molar-refractivity contribution in [2.75, 3.05) is 5.73 Å². The largest absolute Gasteiger partial charge is 0.396 e. The summed E-state index contributed by atoms with van der Waals surface area (Å²) < 4.78 is 1.91. The highest BCUT2D eigenvalue weighted by atomic mass is 127. The molecule has 0 amide bonds. The van der Waals surface area contributed by atoms with Gasteiger partial charge in [0.15, 0.2) is 0 Å². The third kappa shape index (κ3) is 1.52. The molecule has 11 heavy (non-hydrogen) atoms. The molecular formula is C6H8IN3O. The average Bonchev–Trinajstić information content (AvgIpc) is 2.01. The van der Waals surface area contributed by atoms with Gasteiger partial charge in [0.25, 0.3) is 5.56 Å². The van der Waals surface area contributed by atoms with Crippen molar-refractivity contribution in [1.29, 1.82) is 0 Å². The van der Waals surface area contributed by atoms with Crippen molar-refractivity contribution >= 4 is 28.3 Å². The van der Waals surface area contributed by atoms with Crippen molar-refractivity contribution in [3.8, 4) is 0 Å². The maximum atomic E-state index is 11.2. The standard InChI is InChI=1S/C6H8IN3O/c1-2-10-6(11)5(7)4(8)3-9-10/h3H,2,8H2,1H3. The Morgan fingerprint density at radius 2 is 2.45 bits per heavy atom. The van der Waals surface area contributed by atoms with E-state index in [9.17, 15) is 4.79 Å². The van der Waals surface area contributed by atoms with E-state index in [1.54, 1.807) is 0 Å². The van der Waals surface area contributed by atoms with Crippen LogP contribution in [0.1, 0.15) is 6.92 Å². The first kappa shape index (κ1) is 8.51. The lowest BCUT2D eigenvalue weighted by atomic mass is 10.5. The minimum Gasteiger partial charge on any atom is -0.396 e. The first-order valence-electron chi connectivity index (χ1n) is 3.18. The average molecular weight is 265 g/mol. The zero-order chi connectivity index (χ0) is 8.43. The maximum Gasteiger partial charge on any atom is 0.282 e. The lowest BCUT2D eigenvalue weighted by Crippen LogP contribution is -2.25. The molecule has 1 heterocycles. The first-order valence-corrected chi connectivity index (χ1v) is 4.25. The lowest BCUT2D eigenvalue weighted by molar-refractivity contribution is 0.613. The van der Waals surface area contributed by atoms with Gasteiger partial charge in [-0.1, -0.05) is 0 Å². The number of halogens is 1. The summed E-state index contributed by atoms with van der Waals surface area (Å²) in [6.45, 7) is 2.44. The lowest BCUT2D eigenvalue weighted by Gasteiger charge is -2.01. The van der Waals surface area contributed by atoms with Gasteiger partial charge < -0.3 is 5.73 Å². The molecule has 0 bridgehead atoms. The summed E-state index contributed by atoms with van der Waals surface area (Å²) in [5.41, 5.74) is 5.79. The number of nitrogen functional groups attached to an aromatic ring is 1. The number of aromatic nitrogens is 2. The van der Waals surface area contributed by atoms with Crippen molar-refractivity contribution in [2.24, 2.45) is 0 Å². The number of rotatable bonds is 1. The van der Waals surface area contributed by atoms with Crippen molar-refractivity contribution in [3.05, 3.63) is 20.1 Å². The Morgan fingerprint density at radius 1 is 1.82 bits per heavy atom. The number of nitrogens with zero attached hydrogens (tertiary/aromatic N) is 2. The molecule has 4 nitrogen and oxygen atoms in total. The maximum absolute atomic E-state index is 11.2. The summed E-state index contributed by atoms with van der Waals surface area (Å²) in [6.07, 6.45) is 1.49. The Morgan fingerprint density at radius 3 is 3.00 bits per heavy atom. The normalized spacial score (nSPS) is 10.0. The van der Waals surface area contributed by atoms with Gasteiger partial charge in [0, 0.05) is 6.54 Å². The fourth-order valence-electron chi connectivity index (χ4n) is 0.703. The number of hydrogen-bond donors (Lipinski definition) is 1. The Balaban J connectivity index is 3.37. The molecule has 5 heteroatoms. The Hall–Kier alpha value is -0.590. The Kier molecular flexibility index (Phi) is 2.48. The fourth-order valence-corrected chi connectivity index (χ4v) is 1.12.